The molecule has 0 radical (unpaired) electrons. The molecule has 4 rings (SSSR count). The number of anilines is 1. The molecule has 26 heavy (non-hydrogen) atoms. The Labute approximate surface area is 150 Å². The molecule has 1 aromatic carbocycles. The second-order valence-corrected chi connectivity index (χ2v) is 6.12. The van der Waals surface area contributed by atoms with Gasteiger partial charge in [-0.25, -0.2) is 0 Å². The Morgan fingerprint density at radius 3 is 2.54 bits per heavy atom. The van der Waals surface area contributed by atoms with Crippen molar-refractivity contribution >= 4 is 17.5 Å². The number of carbonyl (C=O) groups is 2. The Morgan fingerprint density at radius 2 is 1.81 bits per heavy atom. The van der Waals surface area contributed by atoms with Crippen molar-refractivity contribution in [1.29, 1.82) is 0 Å². The number of nitrogens with zero attached hydrogens (tertiary/aromatic N) is 2. The van der Waals surface area contributed by atoms with Crippen LogP contribution in [0.25, 0.3) is 0 Å². The molecule has 1 aliphatic rings. The molecule has 6 nitrogen and oxygen atoms in total. The highest BCUT2D eigenvalue weighted by atomic mass is 16.3. The monoisotopic (exact) mass is 347 g/mol. The summed E-state index contributed by atoms with van der Waals surface area (Å²) in [6.07, 6.45) is 5.13. The van der Waals surface area contributed by atoms with E-state index in [2.05, 4.69) is 10.3 Å². The van der Waals surface area contributed by atoms with Crippen LogP contribution in [0, 0.1) is 0 Å². The van der Waals surface area contributed by atoms with Gasteiger partial charge in [0.25, 0.3) is 5.91 Å². The zero-order valence-electron chi connectivity index (χ0n) is 14.0. The number of nitrogens with one attached hydrogen (secondary N) is 1. The fourth-order valence-electron chi connectivity index (χ4n) is 3.17. The molecule has 2 aromatic heterocycles. The molecular weight excluding hydrogens is 330 g/mol. The normalized spacial score (nSPS) is 16.0. The van der Waals surface area contributed by atoms with Gasteiger partial charge < -0.3 is 14.6 Å². The lowest BCUT2D eigenvalue weighted by Crippen LogP contribution is -2.50. The number of carbonyl (C=O) groups excluding carboxylic acids is 2. The molecular formula is C20H17N3O3. The number of hydrogen-bond donors (Lipinski definition) is 1. The van der Waals surface area contributed by atoms with E-state index in [1.807, 2.05) is 24.3 Å². The summed E-state index contributed by atoms with van der Waals surface area (Å²) in [6, 6.07) is 14.0. The molecule has 0 saturated heterocycles. The number of fused-ring (bicyclic) bond motifs is 1. The molecule has 2 amide bonds. The third-order valence-electron chi connectivity index (χ3n) is 4.49. The maximum atomic E-state index is 12.9. The van der Waals surface area contributed by atoms with Crippen LogP contribution in [-0.4, -0.2) is 27.7 Å². The maximum absolute atomic E-state index is 12.9. The van der Waals surface area contributed by atoms with Crippen LogP contribution in [0.1, 0.15) is 21.7 Å². The standard InChI is InChI=1S/C20H17N3O3/c24-19(22-16-7-9-21-10-8-16)17-12-14-4-1-2-5-15(14)13-23(17)20(25)18-6-3-11-26-18/h1-11,17H,12-13H2,(H,21,22,24)/t17-/m0/s1. The first-order chi connectivity index (χ1) is 12.7. The van der Waals surface area contributed by atoms with Gasteiger partial charge in [-0.15, -0.1) is 0 Å². The highest BCUT2D eigenvalue weighted by Gasteiger charge is 2.35. The summed E-state index contributed by atoms with van der Waals surface area (Å²) in [5.74, 6) is -0.295. The first-order valence-corrected chi connectivity index (χ1v) is 8.34. The molecule has 0 fully saturated rings. The van der Waals surface area contributed by atoms with Crippen molar-refractivity contribution in [2.75, 3.05) is 5.32 Å². The number of aromatic nitrogens is 1. The van der Waals surface area contributed by atoms with Crippen molar-refractivity contribution in [1.82, 2.24) is 9.88 Å². The number of benzene rings is 1. The molecule has 0 aliphatic carbocycles. The first-order valence-electron chi connectivity index (χ1n) is 8.34. The fourth-order valence-corrected chi connectivity index (χ4v) is 3.17. The van der Waals surface area contributed by atoms with Gasteiger partial charge in [0.2, 0.25) is 5.91 Å². The van der Waals surface area contributed by atoms with Gasteiger partial charge in [-0.1, -0.05) is 24.3 Å². The molecule has 0 spiro atoms. The smallest absolute Gasteiger partial charge is 0.290 e. The SMILES string of the molecule is O=C(Nc1ccncc1)[C@@H]1Cc2ccccc2CN1C(=O)c1ccco1. The average molecular weight is 347 g/mol. The maximum Gasteiger partial charge on any atom is 0.290 e. The fraction of sp³-hybridized carbons (Fsp3) is 0.150. The lowest BCUT2D eigenvalue weighted by Gasteiger charge is -2.35. The predicted molar refractivity (Wildman–Crippen MR) is 95.4 cm³/mol. The van der Waals surface area contributed by atoms with Crippen LogP contribution < -0.4 is 5.32 Å². The Hall–Kier alpha value is -3.41. The summed E-state index contributed by atoms with van der Waals surface area (Å²) in [5, 5.41) is 2.87. The van der Waals surface area contributed by atoms with Crippen LogP contribution in [0.4, 0.5) is 5.69 Å². The minimum Gasteiger partial charge on any atom is -0.459 e. The molecule has 3 aromatic rings. The summed E-state index contributed by atoms with van der Waals surface area (Å²) < 4.78 is 5.25. The predicted octanol–water partition coefficient (Wildman–Crippen LogP) is 2.88. The van der Waals surface area contributed by atoms with E-state index in [1.165, 1.54) is 6.26 Å². The quantitative estimate of drug-likeness (QED) is 0.790. The molecule has 1 aliphatic heterocycles. The molecule has 1 atom stereocenters. The van der Waals surface area contributed by atoms with Crippen LogP contribution in [0.15, 0.2) is 71.6 Å². The molecule has 6 heteroatoms. The second-order valence-electron chi connectivity index (χ2n) is 6.12. The van der Waals surface area contributed by atoms with Gasteiger partial charge in [0, 0.05) is 31.0 Å². The van der Waals surface area contributed by atoms with Crippen molar-refractivity contribution in [3.8, 4) is 0 Å². The largest absolute Gasteiger partial charge is 0.459 e. The van der Waals surface area contributed by atoms with E-state index in [0.717, 1.165) is 11.1 Å². The van der Waals surface area contributed by atoms with Crippen molar-refractivity contribution < 1.29 is 14.0 Å². The van der Waals surface area contributed by atoms with E-state index >= 15 is 0 Å². The number of rotatable bonds is 3. The molecule has 1 N–H and O–H groups in total. The van der Waals surface area contributed by atoms with Crippen LogP contribution in [0.2, 0.25) is 0 Å². The van der Waals surface area contributed by atoms with Crippen LogP contribution >= 0.6 is 0 Å². The van der Waals surface area contributed by atoms with E-state index in [0.29, 0.717) is 18.7 Å². The van der Waals surface area contributed by atoms with Gasteiger partial charge in [0.15, 0.2) is 5.76 Å². The lowest BCUT2D eigenvalue weighted by molar-refractivity contribution is -0.121. The third kappa shape index (κ3) is 3.09. The van der Waals surface area contributed by atoms with Crippen LogP contribution in [0.5, 0.6) is 0 Å². The van der Waals surface area contributed by atoms with Crippen molar-refractivity contribution in [2.45, 2.75) is 19.0 Å². The van der Waals surface area contributed by atoms with E-state index < -0.39 is 6.04 Å². The Bertz CT molecular complexity index is 922. The molecule has 0 bridgehead atoms. The Kier molecular flexibility index (Phi) is 4.23. The number of pyridine rings is 1. The highest BCUT2D eigenvalue weighted by Crippen LogP contribution is 2.26. The van der Waals surface area contributed by atoms with Gasteiger partial charge in [0.05, 0.1) is 6.26 Å². The number of hydrogen-bond acceptors (Lipinski definition) is 4. The lowest BCUT2D eigenvalue weighted by atomic mass is 9.93. The molecule has 0 unspecified atom stereocenters. The molecule has 130 valence electrons. The van der Waals surface area contributed by atoms with E-state index in [1.54, 1.807) is 41.6 Å². The van der Waals surface area contributed by atoms with Crippen LogP contribution in [0.3, 0.4) is 0 Å². The summed E-state index contributed by atoms with van der Waals surface area (Å²) in [6.45, 7) is 0.365. The topological polar surface area (TPSA) is 75.4 Å². The highest BCUT2D eigenvalue weighted by molar-refractivity contribution is 6.00. The van der Waals surface area contributed by atoms with E-state index in [-0.39, 0.29) is 17.6 Å². The first kappa shape index (κ1) is 16.1. The Morgan fingerprint density at radius 1 is 1.04 bits per heavy atom. The summed E-state index contributed by atoms with van der Waals surface area (Å²) in [4.78, 5) is 31.3. The summed E-state index contributed by atoms with van der Waals surface area (Å²) in [5.41, 5.74) is 2.76. The van der Waals surface area contributed by atoms with E-state index in [4.69, 9.17) is 4.42 Å². The Balaban J connectivity index is 1.64. The minimum atomic E-state index is -0.615. The summed E-state index contributed by atoms with van der Waals surface area (Å²) in [7, 11) is 0. The van der Waals surface area contributed by atoms with Crippen molar-refractivity contribution in [2.24, 2.45) is 0 Å². The van der Waals surface area contributed by atoms with Gasteiger partial charge in [-0.3, -0.25) is 14.6 Å². The second kappa shape index (κ2) is 6.84. The third-order valence-corrected chi connectivity index (χ3v) is 4.49. The average Bonchev–Trinajstić information content (AvgIpc) is 3.22. The summed E-state index contributed by atoms with van der Waals surface area (Å²) >= 11 is 0. The van der Waals surface area contributed by atoms with Crippen molar-refractivity contribution in [3.63, 3.8) is 0 Å². The van der Waals surface area contributed by atoms with Gasteiger partial charge in [0.1, 0.15) is 6.04 Å². The zero-order valence-corrected chi connectivity index (χ0v) is 14.0. The van der Waals surface area contributed by atoms with Gasteiger partial charge in [-0.05, 0) is 35.4 Å². The zero-order chi connectivity index (χ0) is 17.9. The molecule has 3 heterocycles. The number of amides is 2. The van der Waals surface area contributed by atoms with Crippen molar-refractivity contribution in [3.05, 3.63) is 84.1 Å². The van der Waals surface area contributed by atoms with E-state index in [9.17, 15) is 9.59 Å². The van der Waals surface area contributed by atoms with Gasteiger partial charge in [-0.2, -0.15) is 0 Å². The molecule has 0 saturated carbocycles. The minimum absolute atomic E-state index is 0.228. The van der Waals surface area contributed by atoms with Gasteiger partial charge >= 0.3 is 0 Å². The van der Waals surface area contributed by atoms with Crippen LogP contribution in [-0.2, 0) is 17.8 Å². The number of furan rings is 1.